The highest BCUT2D eigenvalue weighted by Gasteiger charge is 2.23. The van der Waals surface area contributed by atoms with Crippen molar-refractivity contribution in [2.24, 2.45) is 0 Å². The Balaban J connectivity index is 1.50. The van der Waals surface area contributed by atoms with E-state index in [1.165, 1.54) is 0 Å². The molecule has 10 nitrogen and oxygen atoms in total. The Kier molecular flexibility index (Phi) is 7.48. The Hall–Kier alpha value is -4.93. The van der Waals surface area contributed by atoms with E-state index in [9.17, 15) is 0 Å². The van der Waals surface area contributed by atoms with Crippen molar-refractivity contribution >= 4 is 11.2 Å². The van der Waals surface area contributed by atoms with Crippen molar-refractivity contribution in [1.29, 1.82) is 0 Å². The van der Waals surface area contributed by atoms with Gasteiger partial charge in [0, 0.05) is 25.3 Å². The molecule has 3 heterocycles. The normalized spacial score (nSPS) is 11.4. The summed E-state index contributed by atoms with van der Waals surface area (Å²) in [6.45, 7) is 2.85. The zero-order valence-electron chi connectivity index (χ0n) is 23.0. The van der Waals surface area contributed by atoms with Gasteiger partial charge in [0.2, 0.25) is 6.29 Å². The number of ether oxygens (including phenoxy) is 3. The van der Waals surface area contributed by atoms with Gasteiger partial charge in [-0.2, -0.15) is 4.98 Å². The number of aromatic amines is 1. The molecule has 41 heavy (non-hydrogen) atoms. The number of pyridine rings is 1. The van der Waals surface area contributed by atoms with Crippen LogP contribution in [0.25, 0.3) is 44.8 Å². The quantitative estimate of drug-likeness (QED) is 0.218. The number of nitrogens with zero attached hydrogens (tertiary/aromatic N) is 6. The number of hydrogen-bond acceptors (Lipinski definition) is 8. The standard InChI is InChI=1S/C31H29N7O3/c1-4-41-31-32-26-18-24(22-13-9-6-10-14-22)27(30(39-2)40-3)33-29(26)38(31)19-20-15-16-23(21-11-7-5-8-12-21)25(17-20)28-34-36-37-35-28/h5-18,30H,4,19H2,1-3H3,(H,34,35,36,37). The topological polar surface area (TPSA) is 113 Å². The van der Waals surface area contributed by atoms with Gasteiger partial charge in [0.05, 0.1) is 13.2 Å². The average molecular weight is 548 g/mol. The number of tetrazole rings is 1. The number of hydrogen-bond donors (Lipinski definition) is 1. The van der Waals surface area contributed by atoms with Gasteiger partial charge in [-0.1, -0.05) is 72.8 Å². The minimum absolute atomic E-state index is 0.456. The lowest BCUT2D eigenvalue weighted by Gasteiger charge is -2.18. The minimum atomic E-state index is -0.663. The summed E-state index contributed by atoms with van der Waals surface area (Å²) in [4.78, 5) is 9.89. The number of fused-ring (bicyclic) bond motifs is 1. The minimum Gasteiger partial charge on any atom is -0.465 e. The summed E-state index contributed by atoms with van der Waals surface area (Å²) in [5.41, 5.74) is 7.88. The molecule has 206 valence electrons. The van der Waals surface area contributed by atoms with Crippen LogP contribution in [0.3, 0.4) is 0 Å². The first-order valence-corrected chi connectivity index (χ1v) is 13.3. The van der Waals surface area contributed by atoms with Crippen LogP contribution in [-0.4, -0.2) is 56.0 Å². The van der Waals surface area contributed by atoms with Crippen molar-refractivity contribution in [1.82, 2.24) is 35.2 Å². The van der Waals surface area contributed by atoms with Gasteiger partial charge >= 0.3 is 0 Å². The van der Waals surface area contributed by atoms with Crippen molar-refractivity contribution in [2.45, 2.75) is 19.8 Å². The van der Waals surface area contributed by atoms with E-state index in [4.69, 9.17) is 24.2 Å². The Morgan fingerprint density at radius 3 is 2.15 bits per heavy atom. The van der Waals surface area contributed by atoms with E-state index in [2.05, 4.69) is 51.0 Å². The van der Waals surface area contributed by atoms with Crippen LogP contribution in [0.5, 0.6) is 6.01 Å². The summed E-state index contributed by atoms with van der Waals surface area (Å²) in [6.07, 6.45) is -0.663. The van der Waals surface area contributed by atoms with Crippen molar-refractivity contribution < 1.29 is 14.2 Å². The molecular weight excluding hydrogens is 518 g/mol. The summed E-state index contributed by atoms with van der Waals surface area (Å²) >= 11 is 0. The second-order valence-electron chi connectivity index (χ2n) is 9.34. The highest BCUT2D eigenvalue weighted by molar-refractivity contribution is 5.82. The molecule has 10 heteroatoms. The summed E-state index contributed by atoms with van der Waals surface area (Å²) in [6, 6.07) is 28.9. The molecule has 6 aromatic rings. The second-order valence-corrected chi connectivity index (χ2v) is 9.34. The van der Waals surface area contributed by atoms with E-state index >= 15 is 0 Å². The molecule has 0 spiro atoms. The summed E-state index contributed by atoms with van der Waals surface area (Å²) in [5.74, 6) is 0.585. The average Bonchev–Trinajstić information content (AvgIpc) is 3.67. The molecule has 0 radical (unpaired) electrons. The number of rotatable bonds is 10. The molecule has 0 aliphatic carbocycles. The molecule has 0 aliphatic heterocycles. The van der Waals surface area contributed by atoms with E-state index in [0.717, 1.165) is 33.4 Å². The molecule has 0 bridgehead atoms. The smallest absolute Gasteiger partial charge is 0.298 e. The third-order valence-corrected chi connectivity index (χ3v) is 6.83. The van der Waals surface area contributed by atoms with Crippen molar-refractivity contribution in [3.05, 3.63) is 96.2 Å². The molecule has 3 aromatic carbocycles. The Bertz CT molecular complexity index is 1750. The lowest BCUT2D eigenvalue weighted by molar-refractivity contribution is -0.108. The number of nitrogens with one attached hydrogen (secondary N) is 1. The fraction of sp³-hybridized carbons (Fsp3) is 0.194. The fourth-order valence-corrected chi connectivity index (χ4v) is 4.98. The van der Waals surface area contributed by atoms with Crippen LogP contribution in [0.2, 0.25) is 0 Å². The number of benzene rings is 3. The number of aromatic nitrogens is 7. The van der Waals surface area contributed by atoms with Crippen molar-refractivity contribution in [3.63, 3.8) is 0 Å². The van der Waals surface area contributed by atoms with Crippen molar-refractivity contribution in [2.75, 3.05) is 20.8 Å². The van der Waals surface area contributed by atoms with Crippen LogP contribution >= 0.6 is 0 Å². The number of imidazole rings is 1. The fourth-order valence-electron chi connectivity index (χ4n) is 4.98. The number of H-pyrrole nitrogens is 1. The van der Waals surface area contributed by atoms with Gasteiger partial charge in [-0.25, -0.2) is 10.1 Å². The van der Waals surface area contributed by atoms with Gasteiger partial charge < -0.3 is 14.2 Å². The third-order valence-electron chi connectivity index (χ3n) is 6.83. The molecule has 6 rings (SSSR count). The molecule has 0 atom stereocenters. The van der Waals surface area contributed by atoms with E-state index in [-0.39, 0.29) is 0 Å². The van der Waals surface area contributed by atoms with Gasteiger partial charge in [-0.15, -0.1) is 5.10 Å². The van der Waals surface area contributed by atoms with Gasteiger partial charge in [0.15, 0.2) is 11.5 Å². The Morgan fingerprint density at radius 2 is 1.51 bits per heavy atom. The molecule has 0 amide bonds. The van der Waals surface area contributed by atoms with Crippen molar-refractivity contribution in [3.8, 4) is 39.7 Å². The highest BCUT2D eigenvalue weighted by Crippen LogP contribution is 2.35. The lowest BCUT2D eigenvalue weighted by atomic mass is 9.97. The summed E-state index contributed by atoms with van der Waals surface area (Å²) in [7, 11) is 3.21. The molecule has 0 saturated carbocycles. The monoisotopic (exact) mass is 547 g/mol. The zero-order valence-corrected chi connectivity index (χ0v) is 23.0. The maximum absolute atomic E-state index is 6.00. The molecule has 0 aliphatic rings. The molecule has 0 fully saturated rings. The predicted molar refractivity (Wildman–Crippen MR) is 155 cm³/mol. The van der Waals surface area contributed by atoms with E-state index in [0.29, 0.717) is 41.8 Å². The van der Waals surface area contributed by atoms with Crippen LogP contribution in [0.4, 0.5) is 0 Å². The maximum Gasteiger partial charge on any atom is 0.298 e. The molecular formula is C31H29N7O3. The molecule has 3 aromatic heterocycles. The van der Waals surface area contributed by atoms with Gasteiger partial charge in [-0.05, 0) is 51.7 Å². The summed E-state index contributed by atoms with van der Waals surface area (Å²) in [5, 5.41) is 14.7. The summed E-state index contributed by atoms with van der Waals surface area (Å²) < 4.78 is 19.3. The van der Waals surface area contributed by atoms with E-state index in [1.54, 1.807) is 14.2 Å². The van der Waals surface area contributed by atoms with Crippen LogP contribution in [-0.2, 0) is 16.0 Å². The Morgan fingerprint density at radius 1 is 0.805 bits per heavy atom. The van der Waals surface area contributed by atoms with Gasteiger partial charge in [0.1, 0.15) is 11.2 Å². The van der Waals surface area contributed by atoms with E-state index < -0.39 is 6.29 Å². The largest absolute Gasteiger partial charge is 0.465 e. The van der Waals surface area contributed by atoms with E-state index in [1.807, 2.05) is 66.1 Å². The number of methoxy groups -OCH3 is 2. The SMILES string of the molecule is CCOc1nc2cc(-c3ccccc3)c(C(OC)OC)nc2n1Cc1ccc(-c2ccccc2)c(-c2nnn[nH]2)c1. The first-order valence-electron chi connectivity index (χ1n) is 13.3. The zero-order chi connectivity index (χ0) is 28.2. The van der Waals surface area contributed by atoms with Crippen LogP contribution in [0, 0.1) is 0 Å². The maximum atomic E-state index is 6.00. The molecule has 0 unspecified atom stereocenters. The van der Waals surface area contributed by atoms with Gasteiger partial charge in [0.25, 0.3) is 6.01 Å². The first-order chi connectivity index (χ1) is 20.2. The predicted octanol–water partition coefficient (Wildman–Crippen LogP) is 5.68. The molecule has 0 saturated heterocycles. The van der Waals surface area contributed by atoms with Crippen LogP contribution in [0.1, 0.15) is 24.5 Å². The molecule has 1 N–H and O–H groups in total. The highest BCUT2D eigenvalue weighted by atomic mass is 16.7. The lowest BCUT2D eigenvalue weighted by Crippen LogP contribution is -2.10. The van der Waals surface area contributed by atoms with Gasteiger partial charge in [-0.3, -0.25) is 4.57 Å². The van der Waals surface area contributed by atoms with Crippen LogP contribution < -0.4 is 4.74 Å². The third kappa shape index (κ3) is 5.18. The first kappa shape index (κ1) is 26.3. The van der Waals surface area contributed by atoms with Crippen LogP contribution in [0.15, 0.2) is 84.9 Å². The Labute approximate surface area is 237 Å². The second kappa shape index (κ2) is 11.7.